The van der Waals surface area contributed by atoms with Gasteiger partial charge in [0.25, 0.3) is 5.91 Å². The molecule has 24 heavy (non-hydrogen) atoms. The maximum Gasteiger partial charge on any atom is 0.255 e. The zero-order valence-electron chi connectivity index (χ0n) is 13.5. The van der Waals surface area contributed by atoms with Crippen molar-refractivity contribution in [1.29, 1.82) is 0 Å². The summed E-state index contributed by atoms with van der Waals surface area (Å²) in [6, 6.07) is 9.55. The molecule has 124 valence electrons. The van der Waals surface area contributed by atoms with Crippen LogP contribution in [0.5, 0.6) is 0 Å². The molecule has 2 atom stereocenters. The molecule has 1 aromatic carbocycles. The van der Waals surface area contributed by atoms with E-state index in [0.29, 0.717) is 25.2 Å². The molecule has 4 rings (SSSR count). The predicted molar refractivity (Wildman–Crippen MR) is 88.6 cm³/mol. The van der Waals surface area contributed by atoms with Gasteiger partial charge in [-0.1, -0.05) is 18.2 Å². The van der Waals surface area contributed by atoms with E-state index >= 15 is 0 Å². The molecule has 0 aliphatic carbocycles. The first kappa shape index (κ1) is 15.1. The summed E-state index contributed by atoms with van der Waals surface area (Å²) in [7, 11) is 0. The molecule has 0 spiro atoms. The summed E-state index contributed by atoms with van der Waals surface area (Å²) in [5.74, 6) is -0.0600. The number of para-hydroxylation sites is 1. The molecular weight excluding hydrogens is 306 g/mol. The Morgan fingerprint density at radius 1 is 1.33 bits per heavy atom. The van der Waals surface area contributed by atoms with Gasteiger partial charge in [0.2, 0.25) is 5.91 Å². The minimum atomic E-state index is -0.0972. The molecule has 2 amide bonds. The number of carbonyl (C=O) groups is 2. The molecule has 2 aromatic rings. The maximum atomic E-state index is 12.8. The number of benzene rings is 1. The Kier molecular flexibility index (Phi) is 3.69. The zero-order chi connectivity index (χ0) is 16.7. The fraction of sp³-hybridized carbons (Fsp3) is 0.389. The van der Waals surface area contributed by atoms with E-state index in [9.17, 15) is 9.59 Å². The van der Waals surface area contributed by atoms with Crippen LogP contribution in [-0.2, 0) is 9.53 Å². The molecule has 3 heterocycles. The standard InChI is InChI=1S/C18H19N3O3/c1-2-21-15-9-20(10-16(15)24-11-17(21)22)18(23)13-7-12-5-3-4-6-14(12)19-8-13/h3-8,15-16H,2,9-11H2,1H3/t15-,16-/m1/s1. The van der Waals surface area contributed by atoms with Crippen molar-refractivity contribution in [2.75, 3.05) is 26.2 Å². The van der Waals surface area contributed by atoms with Crippen LogP contribution in [0, 0.1) is 0 Å². The molecule has 2 fully saturated rings. The highest BCUT2D eigenvalue weighted by molar-refractivity contribution is 5.97. The second-order valence-corrected chi connectivity index (χ2v) is 6.22. The van der Waals surface area contributed by atoms with E-state index in [4.69, 9.17) is 4.74 Å². The van der Waals surface area contributed by atoms with E-state index < -0.39 is 0 Å². The number of rotatable bonds is 2. The van der Waals surface area contributed by atoms with Gasteiger partial charge in [-0.2, -0.15) is 0 Å². The van der Waals surface area contributed by atoms with Crippen molar-refractivity contribution in [3.8, 4) is 0 Å². The van der Waals surface area contributed by atoms with Gasteiger partial charge in [-0.05, 0) is 19.1 Å². The third-order valence-electron chi connectivity index (χ3n) is 4.84. The Bertz CT molecular complexity index is 807. The van der Waals surface area contributed by atoms with Crippen LogP contribution in [0.3, 0.4) is 0 Å². The lowest BCUT2D eigenvalue weighted by atomic mass is 10.1. The van der Waals surface area contributed by atoms with Crippen molar-refractivity contribution in [1.82, 2.24) is 14.8 Å². The number of carbonyl (C=O) groups excluding carboxylic acids is 2. The van der Waals surface area contributed by atoms with Gasteiger partial charge in [0, 0.05) is 31.2 Å². The monoisotopic (exact) mass is 325 g/mol. The second kappa shape index (κ2) is 5.87. The van der Waals surface area contributed by atoms with Gasteiger partial charge in [0.05, 0.1) is 23.2 Å². The molecule has 0 N–H and O–H groups in total. The predicted octanol–water partition coefficient (Wildman–Crippen LogP) is 1.31. The second-order valence-electron chi connectivity index (χ2n) is 6.22. The number of pyridine rings is 1. The molecule has 0 unspecified atom stereocenters. The molecule has 2 aliphatic heterocycles. The summed E-state index contributed by atoms with van der Waals surface area (Å²) >= 11 is 0. The summed E-state index contributed by atoms with van der Waals surface area (Å²) < 4.78 is 5.63. The minimum Gasteiger partial charge on any atom is -0.364 e. The average Bonchev–Trinajstić information content (AvgIpc) is 3.05. The number of amides is 2. The van der Waals surface area contributed by atoms with Crippen molar-refractivity contribution in [2.24, 2.45) is 0 Å². The topological polar surface area (TPSA) is 62.7 Å². The van der Waals surface area contributed by atoms with Crippen LogP contribution in [0.4, 0.5) is 0 Å². The summed E-state index contributed by atoms with van der Waals surface area (Å²) in [6.45, 7) is 3.73. The van der Waals surface area contributed by atoms with Crippen molar-refractivity contribution in [3.63, 3.8) is 0 Å². The summed E-state index contributed by atoms with van der Waals surface area (Å²) in [6.07, 6.45) is 1.52. The van der Waals surface area contributed by atoms with Gasteiger partial charge in [-0.25, -0.2) is 0 Å². The van der Waals surface area contributed by atoms with Crippen LogP contribution in [0.25, 0.3) is 10.9 Å². The highest BCUT2D eigenvalue weighted by Gasteiger charge is 2.44. The number of nitrogens with zero attached hydrogens (tertiary/aromatic N) is 3. The quantitative estimate of drug-likeness (QED) is 0.835. The summed E-state index contributed by atoms with van der Waals surface area (Å²) in [5.41, 5.74) is 1.44. The fourth-order valence-corrected chi connectivity index (χ4v) is 3.61. The number of morpholine rings is 1. The molecule has 2 saturated heterocycles. The smallest absolute Gasteiger partial charge is 0.255 e. The number of likely N-dealkylation sites (tertiary alicyclic amines) is 1. The highest BCUT2D eigenvalue weighted by Crippen LogP contribution is 2.25. The normalized spacial score (nSPS) is 23.6. The van der Waals surface area contributed by atoms with E-state index in [2.05, 4.69) is 4.98 Å². The molecular formula is C18H19N3O3. The zero-order valence-corrected chi connectivity index (χ0v) is 13.5. The molecule has 1 aromatic heterocycles. The lowest BCUT2D eigenvalue weighted by molar-refractivity contribution is -0.152. The fourth-order valence-electron chi connectivity index (χ4n) is 3.61. The van der Waals surface area contributed by atoms with Crippen LogP contribution in [0.1, 0.15) is 17.3 Å². The Balaban J connectivity index is 1.57. The van der Waals surface area contributed by atoms with Crippen LogP contribution >= 0.6 is 0 Å². The van der Waals surface area contributed by atoms with Crippen LogP contribution in [-0.4, -0.2) is 65.0 Å². The number of hydrogen-bond acceptors (Lipinski definition) is 4. The number of ether oxygens (including phenoxy) is 1. The van der Waals surface area contributed by atoms with Crippen LogP contribution in [0.2, 0.25) is 0 Å². The van der Waals surface area contributed by atoms with E-state index in [1.165, 1.54) is 0 Å². The highest BCUT2D eigenvalue weighted by atomic mass is 16.5. The van der Waals surface area contributed by atoms with Crippen LogP contribution < -0.4 is 0 Å². The van der Waals surface area contributed by atoms with E-state index in [-0.39, 0.29) is 30.6 Å². The first-order valence-corrected chi connectivity index (χ1v) is 8.22. The Hall–Kier alpha value is -2.47. The third kappa shape index (κ3) is 2.43. The molecule has 0 bridgehead atoms. The SMILES string of the molecule is CCN1C(=O)CO[C@@H]2CN(C(=O)c3cnc4ccccc4c3)C[C@H]21. The Labute approximate surface area is 140 Å². The van der Waals surface area contributed by atoms with Gasteiger partial charge in [-0.15, -0.1) is 0 Å². The maximum absolute atomic E-state index is 12.8. The summed E-state index contributed by atoms with van der Waals surface area (Å²) in [4.78, 5) is 32.7. The van der Waals surface area contributed by atoms with Gasteiger partial charge < -0.3 is 14.5 Å². The Morgan fingerprint density at radius 2 is 2.17 bits per heavy atom. The summed E-state index contributed by atoms with van der Waals surface area (Å²) in [5, 5.41) is 0.946. The van der Waals surface area contributed by atoms with E-state index in [0.717, 1.165) is 10.9 Å². The molecule has 2 aliphatic rings. The third-order valence-corrected chi connectivity index (χ3v) is 4.84. The number of aromatic nitrogens is 1. The number of hydrogen-bond donors (Lipinski definition) is 0. The van der Waals surface area contributed by atoms with Gasteiger partial charge in [-0.3, -0.25) is 14.6 Å². The van der Waals surface area contributed by atoms with Crippen LogP contribution in [0.15, 0.2) is 36.5 Å². The number of likely N-dealkylation sites (N-methyl/N-ethyl adjacent to an activating group) is 1. The minimum absolute atomic E-state index is 0.000390. The van der Waals surface area contributed by atoms with Crippen molar-refractivity contribution in [3.05, 3.63) is 42.1 Å². The number of fused-ring (bicyclic) bond motifs is 2. The van der Waals surface area contributed by atoms with E-state index in [1.54, 1.807) is 11.1 Å². The molecule has 0 saturated carbocycles. The first-order valence-electron chi connectivity index (χ1n) is 8.22. The molecule has 6 nitrogen and oxygen atoms in total. The van der Waals surface area contributed by atoms with E-state index in [1.807, 2.05) is 42.2 Å². The van der Waals surface area contributed by atoms with Crippen molar-refractivity contribution in [2.45, 2.75) is 19.1 Å². The average molecular weight is 325 g/mol. The molecule has 0 radical (unpaired) electrons. The van der Waals surface area contributed by atoms with Crippen molar-refractivity contribution >= 4 is 22.7 Å². The molecule has 6 heteroatoms. The van der Waals surface area contributed by atoms with Gasteiger partial charge in [0.15, 0.2) is 0 Å². The largest absolute Gasteiger partial charge is 0.364 e. The lowest BCUT2D eigenvalue weighted by Gasteiger charge is -2.35. The van der Waals surface area contributed by atoms with Gasteiger partial charge in [0.1, 0.15) is 6.61 Å². The van der Waals surface area contributed by atoms with Crippen molar-refractivity contribution < 1.29 is 14.3 Å². The lowest BCUT2D eigenvalue weighted by Crippen LogP contribution is -2.53. The van der Waals surface area contributed by atoms with Gasteiger partial charge >= 0.3 is 0 Å². The Morgan fingerprint density at radius 3 is 3.00 bits per heavy atom. The first-order chi connectivity index (χ1) is 11.7.